The SMILES string of the molecule is COC1CCC(Nc2ccc3ncccc3c2[N+](=O)[O-])C1. The maximum absolute atomic E-state index is 11.4. The molecule has 6 nitrogen and oxygen atoms in total. The first-order valence-electron chi connectivity index (χ1n) is 7.00. The van der Waals surface area contributed by atoms with Gasteiger partial charge in [0, 0.05) is 19.3 Å². The minimum Gasteiger partial charge on any atom is -0.381 e. The number of nitro benzene ring substituents is 1. The summed E-state index contributed by atoms with van der Waals surface area (Å²) in [7, 11) is 1.71. The number of fused-ring (bicyclic) bond motifs is 1. The lowest BCUT2D eigenvalue weighted by molar-refractivity contribution is -0.382. The van der Waals surface area contributed by atoms with E-state index in [0.717, 1.165) is 19.3 Å². The number of ether oxygens (including phenoxy) is 1. The fourth-order valence-corrected chi connectivity index (χ4v) is 2.96. The van der Waals surface area contributed by atoms with Crippen LogP contribution in [0.1, 0.15) is 19.3 Å². The number of anilines is 1. The quantitative estimate of drug-likeness (QED) is 0.690. The third-order valence-corrected chi connectivity index (χ3v) is 4.02. The van der Waals surface area contributed by atoms with Crippen LogP contribution >= 0.6 is 0 Å². The van der Waals surface area contributed by atoms with Crippen molar-refractivity contribution in [1.82, 2.24) is 4.98 Å². The minimum absolute atomic E-state index is 0.0986. The summed E-state index contributed by atoms with van der Waals surface area (Å²) in [6, 6.07) is 7.22. The van der Waals surface area contributed by atoms with E-state index in [9.17, 15) is 10.1 Å². The van der Waals surface area contributed by atoms with E-state index in [1.165, 1.54) is 0 Å². The smallest absolute Gasteiger partial charge is 0.301 e. The van der Waals surface area contributed by atoms with Crippen LogP contribution in [0.5, 0.6) is 0 Å². The normalized spacial score (nSPS) is 21.6. The van der Waals surface area contributed by atoms with Gasteiger partial charge in [0.1, 0.15) is 5.69 Å². The Labute approximate surface area is 122 Å². The first-order chi connectivity index (χ1) is 10.2. The van der Waals surface area contributed by atoms with Crippen LogP contribution in [0, 0.1) is 10.1 Å². The molecule has 1 N–H and O–H groups in total. The summed E-state index contributed by atoms with van der Waals surface area (Å²) in [6.07, 6.45) is 4.69. The Bertz CT molecular complexity index is 674. The lowest BCUT2D eigenvalue weighted by Crippen LogP contribution is -2.18. The molecule has 0 aliphatic heterocycles. The molecule has 2 unspecified atom stereocenters. The Morgan fingerprint density at radius 1 is 1.38 bits per heavy atom. The van der Waals surface area contributed by atoms with Crippen LogP contribution in [0.25, 0.3) is 10.9 Å². The zero-order valence-corrected chi connectivity index (χ0v) is 11.8. The number of benzene rings is 1. The number of hydrogen-bond acceptors (Lipinski definition) is 5. The Hall–Kier alpha value is -2.21. The summed E-state index contributed by atoms with van der Waals surface area (Å²) in [6.45, 7) is 0. The van der Waals surface area contributed by atoms with Gasteiger partial charge in [-0.1, -0.05) is 0 Å². The van der Waals surface area contributed by atoms with Gasteiger partial charge in [0.2, 0.25) is 0 Å². The molecule has 1 aliphatic carbocycles. The third-order valence-electron chi connectivity index (χ3n) is 4.02. The maximum atomic E-state index is 11.4. The Balaban J connectivity index is 1.95. The van der Waals surface area contributed by atoms with E-state index in [-0.39, 0.29) is 22.8 Å². The van der Waals surface area contributed by atoms with Gasteiger partial charge in [0.05, 0.1) is 21.9 Å². The molecule has 3 rings (SSSR count). The van der Waals surface area contributed by atoms with E-state index in [1.807, 2.05) is 6.07 Å². The molecule has 0 radical (unpaired) electrons. The second kappa shape index (κ2) is 5.65. The van der Waals surface area contributed by atoms with Crippen molar-refractivity contribution in [1.29, 1.82) is 0 Å². The molecular formula is C15H17N3O3. The molecule has 1 aromatic heterocycles. The fourth-order valence-electron chi connectivity index (χ4n) is 2.96. The molecule has 2 aromatic rings. The molecule has 1 saturated carbocycles. The van der Waals surface area contributed by atoms with Crippen LogP contribution in [0.15, 0.2) is 30.5 Å². The summed E-state index contributed by atoms with van der Waals surface area (Å²) in [5, 5.41) is 15.3. The molecule has 0 amide bonds. The van der Waals surface area contributed by atoms with Crippen LogP contribution in [0.3, 0.4) is 0 Å². The Morgan fingerprint density at radius 2 is 2.24 bits per heavy atom. The third kappa shape index (κ3) is 2.67. The highest BCUT2D eigenvalue weighted by Crippen LogP contribution is 2.34. The monoisotopic (exact) mass is 287 g/mol. The van der Waals surface area contributed by atoms with Gasteiger partial charge in [0.15, 0.2) is 0 Å². The molecule has 6 heteroatoms. The lowest BCUT2D eigenvalue weighted by atomic mass is 10.1. The largest absolute Gasteiger partial charge is 0.381 e. The van der Waals surface area contributed by atoms with Crippen LogP contribution in [-0.2, 0) is 4.74 Å². The van der Waals surface area contributed by atoms with E-state index >= 15 is 0 Å². The van der Waals surface area contributed by atoms with Crippen molar-refractivity contribution in [3.63, 3.8) is 0 Å². The van der Waals surface area contributed by atoms with Crippen molar-refractivity contribution in [2.45, 2.75) is 31.4 Å². The number of hydrogen-bond donors (Lipinski definition) is 1. The predicted octanol–water partition coefficient (Wildman–Crippen LogP) is 3.12. The number of nitrogens with zero attached hydrogens (tertiary/aromatic N) is 2. The number of rotatable bonds is 4. The molecule has 0 saturated heterocycles. The molecule has 1 aromatic carbocycles. The number of pyridine rings is 1. The van der Waals surface area contributed by atoms with Crippen LogP contribution in [-0.4, -0.2) is 29.2 Å². The zero-order chi connectivity index (χ0) is 14.8. The minimum atomic E-state index is -0.338. The number of nitro groups is 1. The van der Waals surface area contributed by atoms with Gasteiger partial charge in [-0.15, -0.1) is 0 Å². The summed E-state index contributed by atoms with van der Waals surface area (Å²) in [4.78, 5) is 15.3. The second-order valence-corrected chi connectivity index (χ2v) is 5.30. The molecule has 110 valence electrons. The van der Waals surface area contributed by atoms with E-state index in [1.54, 1.807) is 31.5 Å². The van der Waals surface area contributed by atoms with E-state index in [2.05, 4.69) is 10.3 Å². The Morgan fingerprint density at radius 3 is 2.95 bits per heavy atom. The predicted molar refractivity (Wildman–Crippen MR) is 80.5 cm³/mol. The van der Waals surface area contributed by atoms with Gasteiger partial charge in [-0.3, -0.25) is 15.1 Å². The lowest BCUT2D eigenvalue weighted by Gasteiger charge is -2.15. The summed E-state index contributed by atoms with van der Waals surface area (Å²) in [5.74, 6) is 0. The van der Waals surface area contributed by atoms with Crippen molar-refractivity contribution in [2.24, 2.45) is 0 Å². The van der Waals surface area contributed by atoms with Gasteiger partial charge < -0.3 is 10.1 Å². The summed E-state index contributed by atoms with van der Waals surface area (Å²) in [5.41, 5.74) is 1.29. The average Bonchev–Trinajstić information content (AvgIpc) is 2.94. The molecule has 21 heavy (non-hydrogen) atoms. The molecule has 1 heterocycles. The number of methoxy groups -OCH3 is 1. The fraction of sp³-hybridized carbons (Fsp3) is 0.400. The first kappa shape index (κ1) is 13.8. The second-order valence-electron chi connectivity index (χ2n) is 5.30. The standard InChI is InChI=1S/C15H17N3O3/c1-21-11-5-4-10(9-11)17-14-7-6-13-12(3-2-8-16-13)15(14)18(19)20/h2-3,6-8,10-11,17H,4-5,9H2,1H3. The molecule has 0 bridgehead atoms. The van der Waals surface area contributed by atoms with Crippen LogP contribution in [0.4, 0.5) is 11.4 Å². The highest BCUT2D eigenvalue weighted by atomic mass is 16.6. The van der Waals surface area contributed by atoms with Gasteiger partial charge in [-0.25, -0.2) is 0 Å². The highest BCUT2D eigenvalue weighted by molar-refractivity contribution is 5.94. The number of nitrogens with one attached hydrogen (secondary N) is 1. The molecule has 1 fully saturated rings. The first-order valence-corrected chi connectivity index (χ1v) is 7.00. The van der Waals surface area contributed by atoms with E-state index < -0.39 is 0 Å². The highest BCUT2D eigenvalue weighted by Gasteiger charge is 2.27. The van der Waals surface area contributed by atoms with Crippen molar-refractivity contribution in [2.75, 3.05) is 12.4 Å². The van der Waals surface area contributed by atoms with Gasteiger partial charge in [-0.05, 0) is 43.5 Å². The topological polar surface area (TPSA) is 77.3 Å². The molecule has 1 aliphatic rings. The summed E-state index contributed by atoms with van der Waals surface area (Å²) >= 11 is 0. The van der Waals surface area contributed by atoms with Gasteiger partial charge in [-0.2, -0.15) is 0 Å². The molecule has 2 atom stereocenters. The average molecular weight is 287 g/mol. The Kier molecular flexibility index (Phi) is 3.70. The zero-order valence-electron chi connectivity index (χ0n) is 11.8. The van der Waals surface area contributed by atoms with Gasteiger partial charge in [0.25, 0.3) is 0 Å². The van der Waals surface area contributed by atoms with Crippen LogP contribution in [0.2, 0.25) is 0 Å². The van der Waals surface area contributed by atoms with Crippen molar-refractivity contribution in [3.05, 3.63) is 40.6 Å². The van der Waals surface area contributed by atoms with Gasteiger partial charge >= 0.3 is 5.69 Å². The van der Waals surface area contributed by atoms with E-state index in [0.29, 0.717) is 16.6 Å². The maximum Gasteiger partial charge on any atom is 0.301 e. The summed E-state index contributed by atoms with van der Waals surface area (Å²) < 4.78 is 5.34. The van der Waals surface area contributed by atoms with Crippen molar-refractivity contribution < 1.29 is 9.66 Å². The van der Waals surface area contributed by atoms with Crippen molar-refractivity contribution in [3.8, 4) is 0 Å². The van der Waals surface area contributed by atoms with Crippen molar-refractivity contribution >= 4 is 22.3 Å². The number of aromatic nitrogens is 1. The van der Waals surface area contributed by atoms with Crippen LogP contribution < -0.4 is 5.32 Å². The molecular weight excluding hydrogens is 270 g/mol. The molecule has 0 spiro atoms. The van der Waals surface area contributed by atoms with E-state index in [4.69, 9.17) is 4.74 Å².